The van der Waals surface area contributed by atoms with Crippen molar-refractivity contribution >= 4 is 34.5 Å². The second kappa shape index (κ2) is 5.37. The third-order valence-corrected chi connectivity index (χ3v) is 3.02. The van der Waals surface area contributed by atoms with Crippen molar-refractivity contribution in [2.75, 3.05) is 5.32 Å². The van der Waals surface area contributed by atoms with E-state index >= 15 is 0 Å². The number of hydrogen-bond donors (Lipinski definition) is 2. The van der Waals surface area contributed by atoms with Crippen LogP contribution in [-0.4, -0.2) is 17.1 Å². The Morgan fingerprint density at radius 3 is 2.74 bits per heavy atom. The predicted octanol–water partition coefficient (Wildman–Crippen LogP) is 1.36. The van der Waals surface area contributed by atoms with Crippen LogP contribution in [0.4, 0.5) is 10.5 Å². The molecular formula is C12H7N3O3S. The summed E-state index contributed by atoms with van der Waals surface area (Å²) in [5, 5.41) is 12.9. The number of hydrogen-bond acceptors (Lipinski definition) is 5. The number of carbonyl (C=O) groups is 3. The summed E-state index contributed by atoms with van der Waals surface area (Å²) in [5.74, 6) is -1.17. The van der Waals surface area contributed by atoms with Crippen molar-refractivity contribution in [2.45, 2.75) is 0 Å². The van der Waals surface area contributed by atoms with E-state index in [2.05, 4.69) is 5.32 Å². The number of para-hydroxylation sites is 1. The molecular weight excluding hydrogens is 266 g/mol. The van der Waals surface area contributed by atoms with Gasteiger partial charge in [-0.1, -0.05) is 12.1 Å². The number of nitrogens with zero attached hydrogens (tertiary/aromatic N) is 1. The Balaban J connectivity index is 2.15. The molecule has 0 radical (unpaired) electrons. The monoisotopic (exact) mass is 273 g/mol. The highest BCUT2D eigenvalue weighted by molar-refractivity contribution is 8.18. The number of rotatable bonds is 2. The Morgan fingerprint density at radius 1 is 1.37 bits per heavy atom. The third kappa shape index (κ3) is 3.00. The first-order valence-corrected chi connectivity index (χ1v) is 5.97. The first-order chi connectivity index (χ1) is 9.10. The SMILES string of the molecule is N#Cc1ccccc1NC(=O)/C=C1\SC(=O)NC1=O. The maximum Gasteiger partial charge on any atom is 0.290 e. The van der Waals surface area contributed by atoms with Crippen LogP contribution in [0.1, 0.15) is 5.56 Å². The summed E-state index contributed by atoms with van der Waals surface area (Å²) in [7, 11) is 0. The highest BCUT2D eigenvalue weighted by atomic mass is 32.2. The molecule has 0 aromatic heterocycles. The fourth-order valence-electron chi connectivity index (χ4n) is 1.40. The van der Waals surface area contributed by atoms with Crippen LogP contribution in [0.15, 0.2) is 35.2 Å². The van der Waals surface area contributed by atoms with Gasteiger partial charge in [-0.15, -0.1) is 0 Å². The number of anilines is 1. The Kier molecular flexibility index (Phi) is 3.63. The number of imide groups is 1. The summed E-state index contributed by atoms with van der Waals surface area (Å²) >= 11 is 0.658. The molecule has 0 aliphatic carbocycles. The Hall–Kier alpha value is -2.59. The van der Waals surface area contributed by atoms with Gasteiger partial charge in [0.25, 0.3) is 11.1 Å². The van der Waals surface area contributed by atoms with Crippen LogP contribution < -0.4 is 10.6 Å². The molecule has 1 aliphatic heterocycles. The van der Waals surface area contributed by atoms with Gasteiger partial charge in [-0.3, -0.25) is 19.7 Å². The zero-order valence-corrected chi connectivity index (χ0v) is 10.3. The zero-order chi connectivity index (χ0) is 13.8. The normalized spacial score (nSPS) is 16.1. The number of nitrogens with one attached hydrogen (secondary N) is 2. The number of nitriles is 1. The van der Waals surface area contributed by atoms with Crippen LogP contribution in [0.2, 0.25) is 0 Å². The van der Waals surface area contributed by atoms with Crippen molar-refractivity contribution in [1.29, 1.82) is 5.26 Å². The molecule has 1 fully saturated rings. The van der Waals surface area contributed by atoms with E-state index in [4.69, 9.17) is 5.26 Å². The van der Waals surface area contributed by atoms with Crippen molar-refractivity contribution < 1.29 is 14.4 Å². The number of carbonyl (C=O) groups excluding carboxylic acids is 3. The maximum absolute atomic E-state index is 11.7. The van der Waals surface area contributed by atoms with E-state index in [-0.39, 0.29) is 4.91 Å². The van der Waals surface area contributed by atoms with Gasteiger partial charge in [0.2, 0.25) is 5.91 Å². The molecule has 0 saturated carbocycles. The summed E-state index contributed by atoms with van der Waals surface area (Å²) in [4.78, 5) is 33.9. The van der Waals surface area contributed by atoms with E-state index in [0.717, 1.165) is 6.08 Å². The quantitative estimate of drug-likeness (QED) is 0.793. The molecule has 94 valence electrons. The summed E-state index contributed by atoms with van der Waals surface area (Å²) in [5.41, 5.74) is 0.662. The van der Waals surface area contributed by atoms with E-state index in [1.807, 2.05) is 11.4 Å². The minimum atomic E-state index is -0.598. The highest BCUT2D eigenvalue weighted by Gasteiger charge is 2.25. The van der Waals surface area contributed by atoms with Gasteiger partial charge >= 0.3 is 0 Å². The molecule has 0 spiro atoms. The van der Waals surface area contributed by atoms with Crippen LogP contribution in [0.5, 0.6) is 0 Å². The van der Waals surface area contributed by atoms with Gasteiger partial charge in [0.05, 0.1) is 16.2 Å². The topological polar surface area (TPSA) is 99.1 Å². The molecule has 1 saturated heterocycles. The predicted molar refractivity (Wildman–Crippen MR) is 69.0 cm³/mol. The zero-order valence-electron chi connectivity index (χ0n) is 9.47. The van der Waals surface area contributed by atoms with Gasteiger partial charge in [-0.2, -0.15) is 5.26 Å². The lowest BCUT2D eigenvalue weighted by atomic mass is 10.2. The van der Waals surface area contributed by atoms with Crippen LogP contribution in [0.3, 0.4) is 0 Å². The van der Waals surface area contributed by atoms with E-state index in [0.29, 0.717) is 23.0 Å². The van der Waals surface area contributed by atoms with Gasteiger partial charge in [0, 0.05) is 6.08 Å². The smallest absolute Gasteiger partial charge is 0.290 e. The maximum atomic E-state index is 11.7. The number of thioether (sulfide) groups is 1. The summed E-state index contributed by atoms with van der Waals surface area (Å²) in [6, 6.07) is 8.41. The van der Waals surface area contributed by atoms with Crippen molar-refractivity contribution in [2.24, 2.45) is 0 Å². The molecule has 2 N–H and O–H groups in total. The second-order valence-corrected chi connectivity index (χ2v) is 4.51. The van der Waals surface area contributed by atoms with Gasteiger partial charge in [0.1, 0.15) is 6.07 Å². The molecule has 0 bridgehead atoms. The molecule has 19 heavy (non-hydrogen) atoms. The fourth-order valence-corrected chi connectivity index (χ4v) is 2.05. The highest BCUT2D eigenvalue weighted by Crippen LogP contribution is 2.23. The minimum absolute atomic E-state index is 0.0249. The van der Waals surface area contributed by atoms with Crippen molar-refractivity contribution in [3.05, 3.63) is 40.8 Å². The van der Waals surface area contributed by atoms with Crippen molar-refractivity contribution in [3.8, 4) is 6.07 Å². The number of amides is 3. The molecule has 1 aromatic rings. The van der Waals surface area contributed by atoms with Crippen LogP contribution >= 0.6 is 11.8 Å². The van der Waals surface area contributed by atoms with Gasteiger partial charge < -0.3 is 5.32 Å². The van der Waals surface area contributed by atoms with Crippen LogP contribution in [0, 0.1) is 11.3 Å². The molecule has 7 heteroatoms. The Labute approximate surface area is 112 Å². The van der Waals surface area contributed by atoms with Crippen LogP contribution in [0.25, 0.3) is 0 Å². The lowest BCUT2D eigenvalue weighted by Gasteiger charge is -2.03. The summed E-state index contributed by atoms with van der Waals surface area (Å²) in [6.45, 7) is 0. The molecule has 0 atom stereocenters. The average Bonchev–Trinajstić information content (AvgIpc) is 2.68. The summed E-state index contributed by atoms with van der Waals surface area (Å²) in [6.07, 6.45) is 1.03. The molecule has 0 unspecified atom stereocenters. The summed E-state index contributed by atoms with van der Waals surface area (Å²) < 4.78 is 0. The molecule has 1 aliphatic rings. The van der Waals surface area contributed by atoms with E-state index < -0.39 is 17.1 Å². The minimum Gasteiger partial charge on any atom is -0.321 e. The van der Waals surface area contributed by atoms with Crippen molar-refractivity contribution in [1.82, 2.24) is 5.32 Å². The van der Waals surface area contributed by atoms with E-state index in [9.17, 15) is 14.4 Å². The van der Waals surface area contributed by atoms with Gasteiger partial charge in [-0.05, 0) is 23.9 Å². The molecule has 6 nitrogen and oxygen atoms in total. The Morgan fingerprint density at radius 2 is 2.11 bits per heavy atom. The third-order valence-electron chi connectivity index (χ3n) is 2.21. The largest absolute Gasteiger partial charge is 0.321 e. The first kappa shape index (κ1) is 12.9. The van der Waals surface area contributed by atoms with E-state index in [1.54, 1.807) is 24.3 Å². The lowest BCUT2D eigenvalue weighted by molar-refractivity contribution is -0.116. The fraction of sp³-hybridized carbons (Fsp3) is 0. The second-order valence-electron chi connectivity index (χ2n) is 3.50. The van der Waals surface area contributed by atoms with Crippen LogP contribution in [-0.2, 0) is 9.59 Å². The van der Waals surface area contributed by atoms with E-state index in [1.165, 1.54) is 0 Å². The lowest BCUT2D eigenvalue weighted by Crippen LogP contribution is -2.19. The van der Waals surface area contributed by atoms with Gasteiger partial charge in [0.15, 0.2) is 0 Å². The Bertz CT molecular complexity index is 646. The molecule has 2 rings (SSSR count). The standard InChI is InChI=1S/C12H7N3O3S/c13-6-7-3-1-2-4-8(7)14-10(16)5-9-11(17)15-12(18)19-9/h1-5H,(H,14,16)(H,15,17,18)/b9-5-. The molecule has 1 heterocycles. The molecule has 1 aromatic carbocycles. The molecule has 3 amide bonds. The average molecular weight is 273 g/mol. The van der Waals surface area contributed by atoms with Crippen molar-refractivity contribution in [3.63, 3.8) is 0 Å². The van der Waals surface area contributed by atoms with Gasteiger partial charge in [-0.25, -0.2) is 0 Å². The number of benzene rings is 1. The first-order valence-electron chi connectivity index (χ1n) is 5.15.